The van der Waals surface area contributed by atoms with Crippen molar-refractivity contribution in [2.75, 3.05) is 5.32 Å². The van der Waals surface area contributed by atoms with Crippen molar-refractivity contribution in [3.8, 4) is 6.07 Å². The average Bonchev–Trinajstić information content (AvgIpc) is 2.99. The molecule has 0 saturated heterocycles. The van der Waals surface area contributed by atoms with Crippen molar-refractivity contribution in [3.63, 3.8) is 0 Å². The predicted molar refractivity (Wildman–Crippen MR) is 110 cm³/mol. The molecule has 0 fully saturated rings. The van der Waals surface area contributed by atoms with Gasteiger partial charge in [0.1, 0.15) is 0 Å². The fraction of sp³-hybridized carbons (Fsp3) is 0.217. The molecule has 0 aliphatic heterocycles. The van der Waals surface area contributed by atoms with Gasteiger partial charge in [-0.3, -0.25) is 4.79 Å². The third-order valence-electron chi connectivity index (χ3n) is 4.62. The van der Waals surface area contributed by atoms with Crippen molar-refractivity contribution in [3.05, 3.63) is 70.9 Å². The number of nitrogens with one attached hydrogen (secondary N) is 1. The van der Waals surface area contributed by atoms with Crippen molar-refractivity contribution >= 4 is 28.6 Å². The Morgan fingerprint density at radius 1 is 1.19 bits per heavy atom. The lowest BCUT2D eigenvalue weighted by Crippen LogP contribution is -2.10. The molecule has 4 heteroatoms. The highest BCUT2D eigenvalue weighted by Crippen LogP contribution is 2.24. The molecule has 0 atom stereocenters. The summed E-state index contributed by atoms with van der Waals surface area (Å²) in [6.07, 6.45) is 5.84. The molecule has 4 nitrogen and oxygen atoms in total. The van der Waals surface area contributed by atoms with Crippen LogP contribution in [0.25, 0.3) is 17.0 Å². The zero-order chi connectivity index (χ0) is 19.4. The number of hydrogen-bond acceptors (Lipinski definition) is 2. The molecule has 0 radical (unpaired) electrons. The van der Waals surface area contributed by atoms with Gasteiger partial charge in [0, 0.05) is 41.0 Å². The number of anilines is 1. The van der Waals surface area contributed by atoms with Crippen LogP contribution in [-0.2, 0) is 11.3 Å². The Kier molecular flexibility index (Phi) is 5.42. The van der Waals surface area contributed by atoms with Gasteiger partial charge in [-0.2, -0.15) is 5.26 Å². The van der Waals surface area contributed by atoms with Crippen LogP contribution in [0, 0.1) is 32.1 Å². The van der Waals surface area contributed by atoms with Gasteiger partial charge in [0.2, 0.25) is 5.91 Å². The minimum absolute atomic E-state index is 0.154. The number of nitrogens with zero attached hydrogens (tertiary/aromatic N) is 2. The van der Waals surface area contributed by atoms with E-state index in [-0.39, 0.29) is 5.91 Å². The van der Waals surface area contributed by atoms with E-state index in [9.17, 15) is 4.79 Å². The van der Waals surface area contributed by atoms with Crippen LogP contribution in [0.1, 0.15) is 28.7 Å². The summed E-state index contributed by atoms with van der Waals surface area (Å²) in [4.78, 5) is 12.4. The number of carbonyl (C=O) groups excluding carboxylic acids is 1. The summed E-state index contributed by atoms with van der Waals surface area (Å²) in [5.41, 5.74) is 6.20. The van der Waals surface area contributed by atoms with Crippen molar-refractivity contribution in [1.29, 1.82) is 5.26 Å². The Labute approximate surface area is 159 Å². The first-order valence-electron chi connectivity index (χ1n) is 9.01. The first-order valence-corrected chi connectivity index (χ1v) is 9.01. The Hall–Kier alpha value is -3.32. The molecule has 1 aromatic heterocycles. The van der Waals surface area contributed by atoms with Crippen molar-refractivity contribution < 1.29 is 4.79 Å². The average molecular weight is 357 g/mol. The van der Waals surface area contributed by atoms with E-state index in [1.807, 2.05) is 57.3 Å². The van der Waals surface area contributed by atoms with Gasteiger partial charge < -0.3 is 9.88 Å². The third kappa shape index (κ3) is 4.09. The van der Waals surface area contributed by atoms with Crippen LogP contribution in [0.4, 0.5) is 5.69 Å². The maximum absolute atomic E-state index is 12.4. The van der Waals surface area contributed by atoms with Gasteiger partial charge in [-0.1, -0.05) is 35.9 Å². The fourth-order valence-electron chi connectivity index (χ4n) is 3.47. The summed E-state index contributed by atoms with van der Waals surface area (Å²) in [6, 6.07) is 14.3. The second-order valence-electron chi connectivity index (χ2n) is 6.80. The number of aryl methyl sites for hydroxylation is 4. The number of nitriles is 1. The topological polar surface area (TPSA) is 57.8 Å². The molecule has 0 bridgehead atoms. The number of benzene rings is 2. The van der Waals surface area contributed by atoms with Crippen LogP contribution in [-0.4, -0.2) is 10.5 Å². The number of para-hydroxylation sites is 1. The van der Waals surface area contributed by atoms with Crippen molar-refractivity contribution in [1.82, 2.24) is 4.57 Å². The molecule has 0 saturated carbocycles. The van der Waals surface area contributed by atoms with Gasteiger partial charge in [0.25, 0.3) is 0 Å². The maximum atomic E-state index is 12.4. The molecule has 2 aromatic carbocycles. The van der Waals surface area contributed by atoms with E-state index in [1.54, 1.807) is 6.08 Å². The van der Waals surface area contributed by atoms with Gasteiger partial charge in [0.15, 0.2) is 0 Å². The number of fused-ring (bicyclic) bond motifs is 1. The smallest absolute Gasteiger partial charge is 0.248 e. The van der Waals surface area contributed by atoms with E-state index < -0.39 is 0 Å². The maximum Gasteiger partial charge on any atom is 0.248 e. The normalized spacial score (nSPS) is 11.0. The Balaban J connectivity index is 1.84. The highest BCUT2D eigenvalue weighted by atomic mass is 16.1. The zero-order valence-corrected chi connectivity index (χ0v) is 15.9. The number of carbonyl (C=O) groups is 1. The zero-order valence-electron chi connectivity index (χ0n) is 15.9. The van der Waals surface area contributed by atoms with Crippen LogP contribution < -0.4 is 5.32 Å². The lowest BCUT2D eigenvalue weighted by Gasteiger charge is -2.11. The molecule has 3 aromatic rings. The van der Waals surface area contributed by atoms with E-state index in [0.717, 1.165) is 33.3 Å². The molecule has 1 heterocycles. The molecule has 27 heavy (non-hydrogen) atoms. The lowest BCUT2D eigenvalue weighted by atomic mass is 10.1. The number of amides is 1. The van der Waals surface area contributed by atoms with E-state index in [4.69, 9.17) is 5.26 Å². The SMILES string of the molecule is Cc1cc(C)c(NC(=O)C=Cc2cn(CCC#N)c3ccccc23)c(C)c1. The lowest BCUT2D eigenvalue weighted by molar-refractivity contribution is -0.111. The fourth-order valence-corrected chi connectivity index (χ4v) is 3.47. The van der Waals surface area contributed by atoms with Gasteiger partial charge in [-0.15, -0.1) is 0 Å². The van der Waals surface area contributed by atoms with E-state index in [1.165, 1.54) is 5.56 Å². The van der Waals surface area contributed by atoms with E-state index >= 15 is 0 Å². The van der Waals surface area contributed by atoms with Crippen molar-refractivity contribution in [2.24, 2.45) is 0 Å². The molecule has 1 amide bonds. The van der Waals surface area contributed by atoms with E-state index in [0.29, 0.717) is 13.0 Å². The summed E-state index contributed by atoms with van der Waals surface area (Å²) in [7, 11) is 0. The highest BCUT2D eigenvalue weighted by Gasteiger charge is 2.08. The molecule has 0 spiro atoms. The summed E-state index contributed by atoms with van der Waals surface area (Å²) in [6.45, 7) is 6.69. The molecule has 3 rings (SSSR count). The van der Waals surface area contributed by atoms with Crippen LogP contribution in [0.15, 0.2) is 48.7 Å². The highest BCUT2D eigenvalue weighted by molar-refractivity contribution is 6.04. The predicted octanol–water partition coefficient (Wildman–Crippen LogP) is 5.13. The summed E-state index contributed by atoms with van der Waals surface area (Å²) >= 11 is 0. The Morgan fingerprint density at radius 3 is 2.59 bits per heavy atom. The Bertz CT molecular complexity index is 1040. The second kappa shape index (κ2) is 7.92. The largest absolute Gasteiger partial charge is 0.346 e. The first-order chi connectivity index (χ1) is 13.0. The molecule has 0 unspecified atom stereocenters. The standard InChI is InChI=1S/C23H23N3O/c1-16-13-17(2)23(18(3)14-16)25-22(27)10-9-19-15-26(12-6-11-24)21-8-5-4-7-20(19)21/h4-5,7-10,13-15H,6,12H2,1-3H3,(H,25,27). The number of aromatic nitrogens is 1. The third-order valence-corrected chi connectivity index (χ3v) is 4.62. The Morgan fingerprint density at radius 2 is 1.89 bits per heavy atom. The van der Waals surface area contributed by atoms with Gasteiger partial charge >= 0.3 is 0 Å². The summed E-state index contributed by atoms with van der Waals surface area (Å²) in [5, 5.41) is 12.9. The molecule has 0 aliphatic carbocycles. The minimum atomic E-state index is -0.154. The van der Waals surface area contributed by atoms with Crippen LogP contribution in [0.3, 0.4) is 0 Å². The molecular weight excluding hydrogens is 334 g/mol. The first kappa shape index (κ1) is 18.5. The quantitative estimate of drug-likeness (QED) is 0.643. The summed E-state index contributed by atoms with van der Waals surface area (Å²) in [5.74, 6) is -0.154. The molecule has 1 N–H and O–H groups in total. The number of rotatable bonds is 5. The van der Waals surface area contributed by atoms with Crippen LogP contribution >= 0.6 is 0 Å². The molecule has 136 valence electrons. The monoisotopic (exact) mass is 357 g/mol. The molecular formula is C23H23N3O. The van der Waals surface area contributed by atoms with Crippen LogP contribution in [0.5, 0.6) is 0 Å². The van der Waals surface area contributed by atoms with E-state index in [2.05, 4.69) is 28.1 Å². The van der Waals surface area contributed by atoms with Crippen molar-refractivity contribution in [2.45, 2.75) is 33.7 Å². The van der Waals surface area contributed by atoms with Crippen LogP contribution in [0.2, 0.25) is 0 Å². The van der Waals surface area contributed by atoms with Gasteiger partial charge in [0.05, 0.1) is 12.5 Å². The second-order valence-corrected chi connectivity index (χ2v) is 6.80. The number of hydrogen-bond donors (Lipinski definition) is 1. The van der Waals surface area contributed by atoms with Gasteiger partial charge in [-0.05, 0) is 44.0 Å². The molecule has 0 aliphatic rings. The minimum Gasteiger partial charge on any atom is -0.346 e. The summed E-state index contributed by atoms with van der Waals surface area (Å²) < 4.78 is 2.06. The van der Waals surface area contributed by atoms with Gasteiger partial charge in [-0.25, -0.2) is 0 Å².